The monoisotopic (exact) mass is 341 g/mol. The van der Waals surface area contributed by atoms with Crippen LogP contribution in [-0.2, 0) is 19.1 Å². The number of ether oxygens (including phenoxy) is 2. The molecule has 2 rings (SSSR count). The number of carbonyl (C=O) groups is 2. The Morgan fingerprint density at radius 2 is 1.20 bits per heavy atom. The Morgan fingerprint density at radius 1 is 0.800 bits per heavy atom. The minimum Gasteiger partial charge on any atom is -0.464 e. The van der Waals surface area contributed by atoms with Crippen LogP contribution in [0, 0.1) is 0 Å². The van der Waals surface area contributed by atoms with E-state index in [-0.39, 0.29) is 19.3 Å². The van der Waals surface area contributed by atoms with Gasteiger partial charge in [0.25, 0.3) is 0 Å². The second-order valence-electron chi connectivity index (χ2n) is 5.36. The highest BCUT2D eigenvalue weighted by molar-refractivity contribution is 5.99. The fraction of sp³-hybridized carbons (Fsp3) is 0.300. The molecular formula is C20H23NO4. The summed E-state index contributed by atoms with van der Waals surface area (Å²) in [5.41, 5.74) is 1.87. The van der Waals surface area contributed by atoms with E-state index in [4.69, 9.17) is 9.47 Å². The molecule has 0 amide bonds. The molecule has 0 heterocycles. The number of hydrogen-bond donors (Lipinski definition) is 1. The molecule has 1 N–H and O–H groups in total. The number of esters is 2. The topological polar surface area (TPSA) is 64.6 Å². The Morgan fingerprint density at radius 3 is 1.56 bits per heavy atom. The highest BCUT2D eigenvalue weighted by Gasteiger charge is 2.32. The number of benzene rings is 2. The van der Waals surface area contributed by atoms with Crippen molar-refractivity contribution in [2.24, 2.45) is 0 Å². The van der Waals surface area contributed by atoms with Crippen molar-refractivity contribution in [2.45, 2.75) is 25.9 Å². The summed E-state index contributed by atoms with van der Waals surface area (Å²) < 4.78 is 10.1. The molecule has 5 nitrogen and oxygen atoms in total. The van der Waals surface area contributed by atoms with Gasteiger partial charge in [-0.1, -0.05) is 60.7 Å². The van der Waals surface area contributed by atoms with Crippen LogP contribution in [0.15, 0.2) is 60.7 Å². The lowest BCUT2D eigenvalue weighted by molar-refractivity contribution is -0.158. The van der Waals surface area contributed by atoms with E-state index in [1.54, 1.807) is 13.8 Å². The Labute approximate surface area is 148 Å². The van der Waals surface area contributed by atoms with Gasteiger partial charge in [-0.25, -0.2) is 9.59 Å². The standard InChI is InChI=1S/C20H23NO4/c1-3-24-19(22)18(20(23)25-4-2)21-17(15-11-7-5-8-12-15)16-13-9-6-10-14-16/h5-14,17-18,21H,3-4H2,1-2H3. The third kappa shape index (κ3) is 5.16. The highest BCUT2D eigenvalue weighted by atomic mass is 16.6. The zero-order chi connectivity index (χ0) is 18.1. The van der Waals surface area contributed by atoms with Gasteiger partial charge in [-0.3, -0.25) is 5.32 Å². The lowest BCUT2D eigenvalue weighted by Gasteiger charge is -2.24. The molecule has 5 heteroatoms. The molecule has 0 atom stereocenters. The molecule has 0 radical (unpaired) electrons. The van der Waals surface area contributed by atoms with Crippen molar-refractivity contribution in [2.75, 3.05) is 13.2 Å². The first-order chi connectivity index (χ1) is 12.2. The average Bonchev–Trinajstić information content (AvgIpc) is 2.64. The zero-order valence-electron chi connectivity index (χ0n) is 14.5. The van der Waals surface area contributed by atoms with E-state index in [0.29, 0.717) is 0 Å². The zero-order valence-corrected chi connectivity index (χ0v) is 14.5. The van der Waals surface area contributed by atoms with Gasteiger partial charge in [-0.15, -0.1) is 0 Å². The van der Waals surface area contributed by atoms with Gasteiger partial charge in [0.15, 0.2) is 0 Å². The molecule has 0 aliphatic heterocycles. The lowest BCUT2D eigenvalue weighted by Crippen LogP contribution is -2.47. The Balaban J connectivity index is 2.35. The third-order valence-corrected chi connectivity index (χ3v) is 3.64. The van der Waals surface area contributed by atoms with Crippen LogP contribution in [0.3, 0.4) is 0 Å². The summed E-state index contributed by atoms with van der Waals surface area (Å²) in [5.74, 6) is -1.28. The smallest absolute Gasteiger partial charge is 0.334 e. The van der Waals surface area contributed by atoms with E-state index in [9.17, 15) is 9.59 Å². The summed E-state index contributed by atoms with van der Waals surface area (Å²) in [6.45, 7) is 3.79. The van der Waals surface area contributed by atoms with Gasteiger partial charge >= 0.3 is 11.9 Å². The first-order valence-electron chi connectivity index (χ1n) is 8.36. The summed E-state index contributed by atoms with van der Waals surface area (Å²) in [7, 11) is 0. The van der Waals surface area contributed by atoms with Crippen LogP contribution < -0.4 is 5.32 Å². The summed E-state index contributed by atoms with van der Waals surface area (Å²) in [4.78, 5) is 24.5. The fourth-order valence-electron chi connectivity index (χ4n) is 2.53. The minimum atomic E-state index is -1.19. The van der Waals surface area contributed by atoms with Crippen LogP contribution >= 0.6 is 0 Å². The predicted molar refractivity (Wildman–Crippen MR) is 94.9 cm³/mol. The first kappa shape index (κ1) is 18.7. The second kappa shape index (κ2) is 9.59. The highest BCUT2D eigenvalue weighted by Crippen LogP contribution is 2.22. The third-order valence-electron chi connectivity index (χ3n) is 3.64. The Kier molecular flexibility index (Phi) is 7.16. The molecule has 25 heavy (non-hydrogen) atoms. The van der Waals surface area contributed by atoms with Crippen molar-refractivity contribution in [3.63, 3.8) is 0 Å². The summed E-state index contributed by atoms with van der Waals surface area (Å²) in [6.07, 6.45) is 0. The quantitative estimate of drug-likeness (QED) is 0.591. The van der Waals surface area contributed by atoms with Gasteiger partial charge in [0.05, 0.1) is 19.3 Å². The van der Waals surface area contributed by atoms with E-state index < -0.39 is 18.0 Å². The molecule has 0 aliphatic rings. The molecular weight excluding hydrogens is 318 g/mol. The predicted octanol–water partition coefficient (Wildman–Crippen LogP) is 2.86. The molecule has 0 saturated carbocycles. The van der Waals surface area contributed by atoms with Gasteiger partial charge in [0.2, 0.25) is 6.04 Å². The van der Waals surface area contributed by atoms with Crippen molar-refractivity contribution in [3.05, 3.63) is 71.8 Å². The van der Waals surface area contributed by atoms with Crippen molar-refractivity contribution < 1.29 is 19.1 Å². The van der Waals surface area contributed by atoms with Gasteiger partial charge in [0, 0.05) is 0 Å². The fourth-order valence-corrected chi connectivity index (χ4v) is 2.53. The van der Waals surface area contributed by atoms with Crippen LogP contribution in [0.4, 0.5) is 0 Å². The maximum atomic E-state index is 12.3. The SMILES string of the molecule is CCOC(=O)C(NC(c1ccccc1)c1ccccc1)C(=O)OCC. The van der Waals surface area contributed by atoms with E-state index in [0.717, 1.165) is 11.1 Å². The number of hydrogen-bond acceptors (Lipinski definition) is 5. The van der Waals surface area contributed by atoms with Crippen molar-refractivity contribution in [3.8, 4) is 0 Å². The number of nitrogens with one attached hydrogen (secondary N) is 1. The van der Waals surface area contributed by atoms with Gasteiger partial charge < -0.3 is 9.47 Å². The number of rotatable bonds is 8. The molecule has 0 aliphatic carbocycles. The van der Waals surface area contributed by atoms with E-state index in [1.807, 2.05) is 60.7 Å². The van der Waals surface area contributed by atoms with Crippen LogP contribution in [0.5, 0.6) is 0 Å². The number of carbonyl (C=O) groups excluding carboxylic acids is 2. The van der Waals surface area contributed by atoms with E-state index in [2.05, 4.69) is 5.32 Å². The molecule has 0 aromatic heterocycles. The van der Waals surface area contributed by atoms with E-state index >= 15 is 0 Å². The summed E-state index contributed by atoms with van der Waals surface area (Å²) >= 11 is 0. The van der Waals surface area contributed by atoms with Crippen LogP contribution in [0.2, 0.25) is 0 Å². The van der Waals surface area contributed by atoms with Crippen LogP contribution in [0.1, 0.15) is 31.0 Å². The minimum absolute atomic E-state index is 0.192. The largest absolute Gasteiger partial charge is 0.464 e. The normalized spacial score (nSPS) is 10.7. The maximum absolute atomic E-state index is 12.3. The first-order valence-corrected chi connectivity index (χ1v) is 8.36. The maximum Gasteiger partial charge on any atom is 0.334 e. The van der Waals surface area contributed by atoms with Crippen molar-refractivity contribution in [1.82, 2.24) is 5.32 Å². The molecule has 132 valence electrons. The Bertz CT molecular complexity index is 615. The molecule has 0 fully saturated rings. The van der Waals surface area contributed by atoms with Crippen LogP contribution in [-0.4, -0.2) is 31.2 Å². The molecule has 2 aromatic carbocycles. The summed E-state index contributed by atoms with van der Waals surface area (Å²) in [5, 5.41) is 3.11. The van der Waals surface area contributed by atoms with Crippen LogP contribution in [0.25, 0.3) is 0 Å². The van der Waals surface area contributed by atoms with Gasteiger partial charge in [-0.2, -0.15) is 0 Å². The molecule has 0 unspecified atom stereocenters. The lowest BCUT2D eigenvalue weighted by atomic mass is 9.98. The molecule has 2 aromatic rings. The molecule has 0 spiro atoms. The van der Waals surface area contributed by atoms with Gasteiger partial charge in [0.1, 0.15) is 0 Å². The molecule has 0 bridgehead atoms. The van der Waals surface area contributed by atoms with Gasteiger partial charge in [-0.05, 0) is 25.0 Å². The second-order valence-corrected chi connectivity index (χ2v) is 5.36. The molecule has 0 saturated heterocycles. The summed E-state index contributed by atoms with van der Waals surface area (Å²) in [6, 6.07) is 17.7. The Hall–Kier alpha value is -2.66. The van der Waals surface area contributed by atoms with E-state index in [1.165, 1.54) is 0 Å². The van der Waals surface area contributed by atoms with Crippen molar-refractivity contribution in [1.29, 1.82) is 0 Å². The van der Waals surface area contributed by atoms with Crippen molar-refractivity contribution >= 4 is 11.9 Å². The average molecular weight is 341 g/mol.